The Kier molecular flexibility index (Phi) is 4.63. The Bertz CT molecular complexity index is 330. The zero-order valence-corrected chi connectivity index (χ0v) is 14.6. The van der Waals surface area contributed by atoms with E-state index in [1.807, 2.05) is 0 Å². The van der Waals surface area contributed by atoms with Gasteiger partial charge < -0.3 is 9.80 Å². The van der Waals surface area contributed by atoms with Crippen LogP contribution in [0.3, 0.4) is 0 Å². The highest BCUT2D eigenvalue weighted by atomic mass is 15.3. The van der Waals surface area contributed by atoms with Crippen LogP contribution in [0.1, 0.15) is 40.5 Å². The van der Waals surface area contributed by atoms with Gasteiger partial charge in [-0.2, -0.15) is 0 Å². The number of piperidine rings is 1. The Morgan fingerprint density at radius 2 is 1.57 bits per heavy atom. The topological polar surface area (TPSA) is 9.72 Å². The molecule has 0 atom stereocenters. The van der Waals surface area contributed by atoms with Crippen molar-refractivity contribution in [3.05, 3.63) is 0 Å². The normalized spacial score (nSPS) is 28.3. The van der Waals surface area contributed by atoms with E-state index >= 15 is 0 Å². The first-order chi connectivity index (χ1) is 9.96. The van der Waals surface area contributed by atoms with Gasteiger partial charge in [-0.1, -0.05) is 13.8 Å². The first-order valence-electron chi connectivity index (χ1n) is 9.14. The largest absolute Gasteiger partial charge is 0.303 e. The number of hydrogen-bond acceptors (Lipinski definition) is 3. The van der Waals surface area contributed by atoms with Crippen molar-refractivity contribution in [2.75, 3.05) is 52.4 Å². The van der Waals surface area contributed by atoms with Crippen molar-refractivity contribution in [3.8, 4) is 0 Å². The maximum atomic E-state index is 2.75. The third-order valence-electron chi connectivity index (χ3n) is 5.90. The lowest BCUT2D eigenvalue weighted by molar-refractivity contribution is -0.0677. The number of nitrogens with zero attached hydrogens (tertiary/aromatic N) is 3. The zero-order chi connectivity index (χ0) is 15.0. The summed E-state index contributed by atoms with van der Waals surface area (Å²) in [6.07, 6.45) is 2.89. The van der Waals surface area contributed by atoms with Gasteiger partial charge in [0.25, 0.3) is 0 Å². The van der Waals surface area contributed by atoms with Gasteiger partial charge in [0, 0.05) is 45.3 Å². The zero-order valence-electron chi connectivity index (χ0n) is 14.6. The van der Waals surface area contributed by atoms with Gasteiger partial charge in [-0.25, -0.2) is 0 Å². The van der Waals surface area contributed by atoms with E-state index < -0.39 is 0 Å². The van der Waals surface area contributed by atoms with Gasteiger partial charge in [-0.15, -0.1) is 0 Å². The predicted octanol–water partition coefficient (Wildman–Crippen LogP) is 2.38. The van der Waals surface area contributed by atoms with Crippen LogP contribution in [-0.2, 0) is 0 Å². The minimum Gasteiger partial charge on any atom is -0.303 e. The SMILES string of the molecule is CC(C)CN1CC(CN2CCC3(CC2)CN(C(C)C)C3)C1. The van der Waals surface area contributed by atoms with Gasteiger partial charge in [0.05, 0.1) is 0 Å². The van der Waals surface area contributed by atoms with Gasteiger partial charge in [0.15, 0.2) is 0 Å². The minimum atomic E-state index is 0.698. The lowest BCUT2D eigenvalue weighted by Gasteiger charge is -2.56. The quantitative estimate of drug-likeness (QED) is 0.770. The molecular formula is C18H35N3. The van der Waals surface area contributed by atoms with Gasteiger partial charge in [0.2, 0.25) is 0 Å². The molecule has 3 fully saturated rings. The minimum absolute atomic E-state index is 0.698. The van der Waals surface area contributed by atoms with Crippen molar-refractivity contribution in [1.82, 2.24) is 14.7 Å². The summed E-state index contributed by atoms with van der Waals surface area (Å²) in [6.45, 7) is 20.1. The first-order valence-corrected chi connectivity index (χ1v) is 9.14. The molecule has 0 radical (unpaired) electrons. The molecule has 3 nitrogen and oxygen atoms in total. The van der Waals surface area contributed by atoms with E-state index in [1.165, 1.54) is 65.2 Å². The molecule has 3 aliphatic rings. The van der Waals surface area contributed by atoms with Crippen molar-refractivity contribution in [2.45, 2.75) is 46.6 Å². The average Bonchev–Trinajstić information content (AvgIpc) is 2.33. The monoisotopic (exact) mass is 293 g/mol. The summed E-state index contributed by atoms with van der Waals surface area (Å²) in [5.74, 6) is 1.77. The molecule has 0 aromatic rings. The second-order valence-corrected chi connectivity index (χ2v) is 8.78. The molecule has 3 rings (SSSR count). The van der Waals surface area contributed by atoms with Crippen LogP contribution >= 0.6 is 0 Å². The van der Waals surface area contributed by atoms with E-state index in [1.54, 1.807) is 0 Å². The number of hydrogen-bond donors (Lipinski definition) is 0. The highest BCUT2D eigenvalue weighted by molar-refractivity contribution is 4.99. The summed E-state index contributed by atoms with van der Waals surface area (Å²) in [5.41, 5.74) is 0.698. The van der Waals surface area contributed by atoms with E-state index in [0.717, 1.165) is 17.9 Å². The Labute approximate surface area is 131 Å². The molecule has 0 aliphatic carbocycles. The van der Waals surface area contributed by atoms with Crippen LogP contribution in [0.4, 0.5) is 0 Å². The van der Waals surface area contributed by atoms with E-state index in [0.29, 0.717) is 5.41 Å². The van der Waals surface area contributed by atoms with Crippen LogP contribution < -0.4 is 0 Å². The van der Waals surface area contributed by atoms with Crippen LogP contribution in [0.25, 0.3) is 0 Å². The second kappa shape index (κ2) is 6.17. The molecule has 3 aliphatic heterocycles. The molecule has 0 N–H and O–H groups in total. The van der Waals surface area contributed by atoms with E-state index in [2.05, 4.69) is 42.4 Å². The average molecular weight is 293 g/mol. The Hall–Kier alpha value is -0.120. The molecule has 3 saturated heterocycles. The van der Waals surface area contributed by atoms with Gasteiger partial charge in [0.1, 0.15) is 0 Å². The van der Waals surface area contributed by atoms with E-state index in [-0.39, 0.29) is 0 Å². The maximum Gasteiger partial charge on any atom is 0.00541 e. The summed E-state index contributed by atoms with van der Waals surface area (Å²) in [7, 11) is 0. The molecule has 0 saturated carbocycles. The van der Waals surface area contributed by atoms with Crippen LogP contribution in [0.5, 0.6) is 0 Å². The molecule has 3 heterocycles. The molecule has 122 valence electrons. The summed E-state index contributed by atoms with van der Waals surface area (Å²) in [5, 5.41) is 0. The summed E-state index contributed by atoms with van der Waals surface area (Å²) in [6, 6.07) is 0.746. The molecule has 21 heavy (non-hydrogen) atoms. The Morgan fingerprint density at radius 1 is 0.952 bits per heavy atom. The lowest BCUT2D eigenvalue weighted by atomic mass is 9.71. The standard InChI is InChI=1S/C18H35N3/c1-15(2)9-20-11-17(12-20)10-19-7-5-18(6-8-19)13-21(14-18)16(3)4/h15-17H,5-14H2,1-4H3. The van der Waals surface area contributed by atoms with E-state index in [9.17, 15) is 0 Å². The smallest absolute Gasteiger partial charge is 0.00541 e. The summed E-state index contributed by atoms with van der Waals surface area (Å²) >= 11 is 0. The van der Waals surface area contributed by atoms with Crippen molar-refractivity contribution in [1.29, 1.82) is 0 Å². The molecule has 0 unspecified atom stereocenters. The predicted molar refractivity (Wildman–Crippen MR) is 89.6 cm³/mol. The van der Waals surface area contributed by atoms with Crippen molar-refractivity contribution >= 4 is 0 Å². The number of rotatable bonds is 5. The molecule has 0 bridgehead atoms. The van der Waals surface area contributed by atoms with Crippen molar-refractivity contribution < 1.29 is 0 Å². The van der Waals surface area contributed by atoms with Crippen LogP contribution in [0.15, 0.2) is 0 Å². The van der Waals surface area contributed by atoms with Gasteiger partial charge in [-0.3, -0.25) is 4.90 Å². The summed E-state index contributed by atoms with van der Waals surface area (Å²) < 4.78 is 0. The molecule has 0 aromatic heterocycles. The van der Waals surface area contributed by atoms with E-state index in [4.69, 9.17) is 0 Å². The fourth-order valence-corrected chi connectivity index (χ4v) is 4.53. The van der Waals surface area contributed by atoms with Crippen LogP contribution in [-0.4, -0.2) is 73.1 Å². The fourth-order valence-electron chi connectivity index (χ4n) is 4.53. The lowest BCUT2D eigenvalue weighted by Crippen LogP contribution is -2.62. The highest BCUT2D eigenvalue weighted by Gasteiger charge is 2.45. The maximum absolute atomic E-state index is 2.75. The first kappa shape index (κ1) is 15.8. The van der Waals surface area contributed by atoms with Gasteiger partial charge in [-0.05, 0) is 57.0 Å². The number of likely N-dealkylation sites (tertiary alicyclic amines) is 3. The molecule has 3 heteroatoms. The Balaban J connectivity index is 1.33. The van der Waals surface area contributed by atoms with Crippen molar-refractivity contribution in [2.24, 2.45) is 17.3 Å². The van der Waals surface area contributed by atoms with Crippen molar-refractivity contribution in [3.63, 3.8) is 0 Å². The molecular weight excluding hydrogens is 258 g/mol. The van der Waals surface area contributed by atoms with Crippen LogP contribution in [0.2, 0.25) is 0 Å². The molecule has 0 aromatic carbocycles. The van der Waals surface area contributed by atoms with Crippen LogP contribution in [0, 0.1) is 17.3 Å². The third kappa shape index (κ3) is 3.62. The van der Waals surface area contributed by atoms with Gasteiger partial charge >= 0.3 is 0 Å². The molecule has 1 spiro atoms. The highest BCUT2D eigenvalue weighted by Crippen LogP contribution is 2.41. The fraction of sp³-hybridized carbons (Fsp3) is 1.00. The Morgan fingerprint density at radius 3 is 2.10 bits per heavy atom. The molecule has 0 amide bonds. The second-order valence-electron chi connectivity index (χ2n) is 8.78. The summed E-state index contributed by atoms with van der Waals surface area (Å²) in [4.78, 5) is 8.03. The third-order valence-corrected chi connectivity index (χ3v) is 5.90.